The molecule has 0 saturated heterocycles. The molecule has 1 aliphatic carbocycles. The van der Waals surface area contributed by atoms with Crippen LogP contribution in [-0.4, -0.2) is 12.6 Å². The highest BCUT2D eigenvalue weighted by molar-refractivity contribution is 5.37. The maximum atomic E-state index is 10.3. The molecule has 2 nitrogen and oxygen atoms in total. The molecular formula is C11H20O2. The Morgan fingerprint density at radius 2 is 2.08 bits per heavy atom. The summed E-state index contributed by atoms with van der Waals surface area (Å²) >= 11 is 0. The summed E-state index contributed by atoms with van der Waals surface area (Å²) in [6.07, 6.45) is 3.70. The van der Waals surface area contributed by atoms with E-state index in [1.807, 2.05) is 0 Å². The lowest BCUT2D eigenvalue weighted by molar-refractivity contribution is -0.140. The normalized spacial score (nSPS) is 34.6. The molecule has 0 unspecified atom stereocenters. The molecule has 0 spiro atoms. The molecule has 0 aromatic rings. The van der Waals surface area contributed by atoms with Gasteiger partial charge in [0.1, 0.15) is 6.10 Å². The van der Waals surface area contributed by atoms with E-state index in [0.29, 0.717) is 24.2 Å². The second-order valence-electron chi connectivity index (χ2n) is 4.60. The van der Waals surface area contributed by atoms with Gasteiger partial charge in [0.05, 0.1) is 0 Å². The Labute approximate surface area is 80.7 Å². The molecule has 0 N–H and O–H groups in total. The minimum atomic E-state index is 0.168. The molecule has 2 heteroatoms. The van der Waals surface area contributed by atoms with E-state index >= 15 is 0 Å². The van der Waals surface area contributed by atoms with E-state index in [4.69, 9.17) is 4.74 Å². The van der Waals surface area contributed by atoms with Crippen LogP contribution in [0, 0.1) is 17.8 Å². The van der Waals surface area contributed by atoms with Crippen molar-refractivity contribution in [3.8, 4) is 0 Å². The van der Waals surface area contributed by atoms with Gasteiger partial charge in [-0.15, -0.1) is 0 Å². The quantitative estimate of drug-likeness (QED) is 0.630. The Bertz CT molecular complexity index is 165. The van der Waals surface area contributed by atoms with Gasteiger partial charge < -0.3 is 4.74 Å². The predicted octanol–water partition coefficient (Wildman–Crippen LogP) is 2.62. The molecule has 0 radical (unpaired) electrons. The van der Waals surface area contributed by atoms with Crippen molar-refractivity contribution in [3.63, 3.8) is 0 Å². The Morgan fingerprint density at radius 3 is 2.62 bits per heavy atom. The van der Waals surface area contributed by atoms with Crippen molar-refractivity contribution in [1.29, 1.82) is 0 Å². The van der Waals surface area contributed by atoms with Gasteiger partial charge in [-0.1, -0.05) is 27.2 Å². The summed E-state index contributed by atoms with van der Waals surface area (Å²) in [6.45, 7) is 7.26. The molecular weight excluding hydrogens is 164 g/mol. The average molecular weight is 184 g/mol. The molecule has 1 fully saturated rings. The zero-order valence-corrected chi connectivity index (χ0v) is 8.82. The molecule has 1 aliphatic rings. The van der Waals surface area contributed by atoms with Crippen LogP contribution in [0.3, 0.4) is 0 Å². The van der Waals surface area contributed by atoms with Gasteiger partial charge in [0.25, 0.3) is 6.47 Å². The van der Waals surface area contributed by atoms with Crippen molar-refractivity contribution >= 4 is 6.47 Å². The van der Waals surface area contributed by atoms with Crippen molar-refractivity contribution in [3.05, 3.63) is 0 Å². The smallest absolute Gasteiger partial charge is 0.293 e. The van der Waals surface area contributed by atoms with Crippen LogP contribution in [0.4, 0.5) is 0 Å². The molecule has 1 saturated carbocycles. The summed E-state index contributed by atoms with van der Waals surface area (Å²) in [6, 6.07) is 0. The maximum absolute atomic E-state index is 10.3. The van der Waals surface area contributed by atoms with Crippen molar-refractivity contribution in [2.45, 2.75) is 46.1 Å². The van der Waals surface area contributed by atoms with E-state index in [-0.39, 0.29) is 6.10 Å². The second-order valence-corrected chi connectivity index (χ2v) is 4.60. The summed E-state index contributed by atoms with van der Waals surface area (Å²) < 4.78 is 5.15. The third-order valence-electron chi connectivity index (χ3n) is 3.19. The third-order valence-corrected chi connectivity index (χ3v) is 3.19. The highest BCUT2D eigenvalue weighted by atomic mass is 16.5. The summed E-state index contributed by atoms with van der Waals surface area (Å²) in [7, 11) is 0. The summed E-state index contributed by atoms with van der Waals surface area (Å²) in [5.41, 5.74) is 0. The number of rotatable bonds is 3. The zero-order chi connectivity index (χ0) is 9.84. The fourth-order valence-electron chi connectivity index (χ4n) is 2.34. The lowest BCUT2D eigenvalue weighted by atomic mass is 9.75. The van der Waals surface area contributed by atoms with E-state index in [1.165, 1.54) is 12.8 Å². The van der Waals surface area contributed by atoms with E-state index < -0.39 is 0 Å². The number of hydrogen-bond donors (Lipinski definition) is 0. The van der Waals surface area contributed by atoms with Crippen LogP contribution < -0.4 is 0 Å². The molecule has 76 valence electrons. The minimum absolute atomic E-state index is 0.168. The molecule has 0 amide bonds. The first-order valence-electron chi connectivity index (χ1n) is 5.24. The highest BCUT2D eigenvalue weighted by Crippen LogP contribution is 2.34. The first-order valence-corrected chi connectivity index (χ1v) is 5.24. The van der Waals surface area contributed by atoms with Gasteiger partial charge in [0.2, 0.25) is 0 Å². The van der Waals surface area contributed by atoms with Crippen LogP contribution in [0.15, 0.2) is 0 Å². The lowest BCUT2D eigenvalue weighted by Gasteiger charge is -2.35. The van der Waals surface area contributed by atoms with Crippen molar-refractivity contribution in [1.82, 2.24) is 0 Å². The average Bonchev–Trinajstić information content (AvgIpc) is 2.04. The van der Waals surface area contributed by atoms with E-state index in [1.54, 1.807) is 0 Å². The fraction of sp³-hybridized carbons (Fsp3) is 0.909. The van der Waals surface area contributed by atoms with E-state index in [2.05, 4.69) is 20.8 Å². The molecule has 0 aromatic heterocycles. The first-order chi connectivity index (χ1) is 6.15. The Kier molecular flexibility index (Phi) is 3.76. The third kappa shape index (κ3) is 2.71. The van der Waals surface area contributed by atoms with Crippen LogP contribution >= 0.6 is 0 Å². The standard InChI is InChI=1S/C11H20O2/c1-8(2)10-5-4-9(3)6-11(10)13-7-12/h7-11H,4-6H2,1-3H3/t9-,10+,11-/m1/s1. The molecule has 0 aliphatic heterocycles. The topological polar surface area (TPSA) is 26.3 Å². The van der Waals surface area contributed by atoms with Crippen LogP contribution in [0.5, 0.6) is 0 Å². The first kappa shape index (κ1) is 10.6. The maximum Gasteiger partial charge on any atom is 0.293 e. The Hall–Kier alpha value is -0.530. The van der Waals surface area contributed by atoms with Gasteiger partial charge in [0.15, 0.2) is 0 Å². The Morgan fingerprint density at radius 1 is 1.38 bits per heavy atom. The van der Waals surface area contributed by atoms with Gasteiger partial charge in [-0.2, -0.15) is 0 Å². The predicted molar refractivity (Wildman–Crippen MR) is 52.3 cm³/mol. The molecule has 0 aromatic carbocycles. The van der Waals surface area contributed by atoms with E-state index in [9.17, 15) is 4.79 Å². The zero-order valence-electron chi connectivity index (χ0n) is 8.82. The van der Waals surface area contributed by atoms with Crippen LogP contribution in [0.25, 0.3) is 0 Å². The van der Waals surface area contributed by atoms with Gasteiger partial charge in [-0.25, -0.2) is 0 Å². The fourth-order valence-corrected chi connectivity index (χ4v) is 2.34. The van der Waals surface area contributed by atoms with Gasteiger partial charge in [-0.05, 0) is 30.6 Å². The SMILES string of the molecule is CC(C)[C@@H]1CC[C@@H](C)C[C@H]1OC=O. The largest absolute Gasteiger partial charge is 0.464 e. The summed E-state index contributed by atoms with van der Waals surface area (Å²) in [5.74, 6) is 1.90. The number of ether oxygens (including phenoxy) is 1. The van der Waals surface area contributed by atoms with Crippen LogP contribution in [0.1, 0.15) is 40.0 Å². The number of carbonyl (C=O) groups excluding carboxylic acids is 1. The number of hydrogen-bond acceptors (Lipinski definition) is 2. The minimum Gasteiger partial charge on any atom is -0.464 e. The molecule has 0 bridgehead atoms. The van der Waals surface area contributed by atoms with Crippen molar-refractivity contribution < 1.29 is 9.53 Å². The number of carbonyl (C=O) groups is 1. The Balaban J connectivity index is 2.54. The lowest BCUT2D eigenvalue weighted by Crippen LogP contribution is -2.33. The molecule has 0 heterocycles. The summed E-state index contributed by atoms with van der Waals surface area (Å²) in [5, 5.41) is 0. The van der Waals surface area contributed by atoms with Gasteiger partial charge in [0, 0.05) is 0 Å². The van der Waals surface area contributed by atoms with Crippen LogP contribution in [-0.2, 0) is 9.53 Å². The van der Waals surface area contributed by atoms with Crippen LogP contribution in [0.2, 0.25) is 0 Å². The monoisotopic (exact) mass is 184 g/mol. The molecule has 13 heavy (non-hydrogen) atoms. The van der Waals surface area contributed by atoms with Crippen molar-refractivity contribution in [2.24, 2.45) is 17.8 Å². The summed E-state index contributed by atoms with van der Waals surface area (Å²) in [4.78, 5) is 10.3. The van der Waals surface area contributed by atoms with Gasteiger partial charge >= 0.3 is 0 Å². The highest BCUT2D eigenvalue weighted by Gasteiger charge is 2.31. The van der Waals surface area contributed by atoms with Gasteiger partial charge in [-0.3, -0.25) is 4.79 Å². The second kappa shape index (κ2) is 4.64. The molecule has 1 rings (SSSR count). The van der Waals surface area contributed by atoms with E-state index in [0.717, 1.165) is 6.42 Å². The molecule has 3 atom stereocenters. The van der Waals surface area contributed by atoms with Crippen molar-refractivity contribution in [2.75, 3.05) is 0 Å².